The first-order chi connectivity index (χ1) is 8.24. The van der Waals surface area contributed by atoms with Crippen molar-refractivity contribution in [3.05, 3.63) is 22.4 Å². The standard InChI is InChI=1S/C15H24OS/c1-2-15(16,14-9-6-12-17-14)11-10-13-7-4-3-5-8-13/h6,9,12-13,16H,2-5,7-8,10-11H2,1H3. The molecule has 1 nitrogen and oxygen atoms in total. The summed E-state index contributed by atoms with van der Waals surface area (Å²) in [6.45, 7) is 2.10. The molecule has 1 aromatic rings. The lowest BCUT2D eigenvalue weighted by Gasteiger charge is -2.29. The minimum Gasteiger partial charge on any atom is -0.384 e. The summed E-state index contributed by atoms with van der Waals surface area (Å²) in [6.07, 6.45) is 9.94. The van der Waals surface area contributed by atoms with E-state index in [2.05, 4.69) is 18.4 Å². The van der Waals surface area contributed by atoms with Crippen molar-refractivity contribution in [3.63, 3.8) is 0 Å². The molecule has 0 spiro atoms. The minimum atomic E-state index is -0.564. The number of hydrogen-bond donors (Lipinski definition) is 1. The van der Waals surface area contributed by atoms with Crippen molar-refractivity contribution in [1.29, 1.82) is 0 Å². The zero-order valence-electron chi connectivity index (χ0n) is 10.8. The zero-order valence-corrected chi connectivity index (χ0v) is 11.6. The van der Waals surface area contributed by atoms with E-state index in [1.54, 1.807) is 11.3 Å². The summed E-state index contributed by atoms with van der Waals surface area (Å²) in [6, 6.07) is 4.12. The van der Waals surface area contributed by atoms with Crippen molar-refractivity contribution in [3.8, 4) is 0 Å². The Hall–Kier alpha value is -0.340. The number of hydrogen-bond acceptors (Lipinski definition) is 2. The molecule has 96 valence electrons. The van der Waals surface area contributed by atoms with E-state index in [0.717, 1.165) is 23.6 Å². The summed E-state index contributed by atoms with van der Waals surface area (Å²) in [5, 5.41) is 12.8. The van der Waals surface area contributed by atoms with Crippen molar-refractivity contribution in [1.82, 2.24) is 0 Å². The Morgan fingerprint density at radius 1 is 1.35 bits per heavy atom. The van der Waals surface area contributed by atoms with Crippen LogP contribution in [0.5, 0.6) is 0 Å². The maximum atomic E-state index is 10.7. The maximum Gasteiger partial charge on any atom is 0.0985 e. The first-order valence-corrected chi connectivity index (χ1v) is 7.89. The van der Waals surface area contributed by atoms with Gasteiger partial charge in [0.15, 0.2) is 0 Å². The second kappa shape index (κ2) is 6.01. The van der Waals surface area contributed by atoms with E-state index in [1.807, 2.05) is 6.07 Å². The van der Waals surface area contributed by atoms with Crippen LogP contribution in [-0.4, -0.2) is 5.11 Å². The van der Waals surface area contributed by atoms with Crippen molar-refractivity contribution in [2.24, 2.45) is 5.92 Å². The fraction of sp³-hybridized carbons (Fsp3) is 0.733. The van der Waals surface area contributed by atoms with Crippen LogP contribution in [0.3, 0.4) is 0 Å². The lowest BCUT2D eigenvalue weighted by atomic mass is 9.82. The van der Waals surface area contributed by atoms with Gasteiger partial charge in [0.2, 0.25) is 0 Å². The van der Waals surface area contributed by atoms with Crippen LogP contribution in [0.1, 0.15) is 63.2 Å². The Kier molecular flexibility index (Phi) is 4.63. The molecule has 17 heavy (non-hydrogen) atoms. The highest BCUT2D eigenvalue weighted by Gasteiger charge is 2.29. The van der Waals surface area contributed by atoms with E-state index in [9.17, 15) is 5.11 Å². The minimum absolute atomic E-state index is 0.564. The molecule has 1 aliphatic rings. The third-order valence-electron chi connectivity index (χ3n) is 4.26. The van der Waals surface area contributed by atoms with Gasteiger partial charge in [0.1, 0.15) is 0 Å². The normalized spacial score (nSPS) is 21.3. The monoisotopic (exact) mass is 252 g/mol. The van der Waals surface area contributed by atoms with Gasteiger partial charge in [-0.15, -0.1) is 11.3 Å². The van der Waals surface area contributed by atoms with Crippen LogP contribution < -0.4 is 0 Å². The van der Waals surface area contributed by atoms with Crippen LogP contribution >= 0.6 is 11.3 Å². The quantitative estimate of drug-likeness (QED) is 0.805. The van der Waals surface area contributed by atoms with Gasteiger partial charge >= 0.3 is 0 Å². The van der Waals surface area contributed by atoms with E-state index >= 15 is 0 Å². The van der Waals surface area contributed by atoms with Gasteiger partial charge in [-0.25, -0.2) is 0 Å². The summed E-state index contributed by atoms with van der Waals surface area (Å²) < 4.78 is 0. The van der Waals surface area contributed by atoms with Gasteiger partial charge in [0.25, 0.3) is 0 Å². The lowest BCUT2D eigenvalue weighted by Crippen LogP contribution is -2.24. The topological polar surface area (TPSA) is 20.2 Å². The molecule has 1 N–H and O–H groups in total. The second-order valence-electron chi connectivity index (χ2n) is 5.41. The van der Waals surface area contributed by atoms with E-state index in [-0.39, 0.29) is 0 Å². The molecule has 0 aromatic carbocycles. The van der Waals surface area contributed by atoms with Crippen LogP contribution in [0, 0.1) is 5.92 Å². The van der Waals surface area contributed by atoms with Crippen molar-refractivity contribution >= 4 is 11.3 Å². The largest absolute Gasteiger partial charge is 0.384 e. The smallest absolute Gasteiger partial charge is 0.0985 e. The molecule has 0 aliphatic heterocycles. The Morgan fingerprint density at radius 2 is 2.12 bits per heavy atom. The zero-order chi connectivity index (χ0) is 12.1. The molecule has 1 aliphatic carbocycles. The van der Waals surface area contributed by atoms with Gasteiger partial charge in [0.05, 0.1) is 5.60 Å². The summed E-state index contributed by atoms with van der Waals surface area (Å²) in [4.78, 5) is 1.15. The van der Waals surface area contributed by atoms with E-state index in [4.69, 9.17) is 0 Å². The Bertz CT molecular complexity index is 314. The first-order valence-electron chi connectivity index (χ1n) is 7.01. The van der Waals surface area contributed by atoms with E-state index in [0.29, 0.717) is 0 Å². The fourth-order valence-electron chi connectivity index (χ4n) is 2.94. The Morgan fingerprint density at radius 3 is 2.71 bits per heavy atom. The number of rotatable bonds is 5. The number of thiophene rings is 1. The molecule has 0 saturated heterocycles. The van der Waals surface area contributed by atoms with Gasteiger partial charge < -0.3 is 5.11 Å². The maximum absolute atomic E-state index is 10.7. The van der Waals surface area contributed by atoms with Crippen molar-refractivity contribution in [2.75, 3.05) is 0 Å². The Balaban J connectivity index is 1.90. The Labute approximate surface area is 109 Å². The average Bonchev–Trinajstić information content (AvgIpc) is 2.92. The van der Waals surface area contributed by atoms with Gasteiger partial charge in [-0.2, -0.15) is 0 Å². The summed E-state index contributed by atoms with van der Waals surface area (Å²) >= 11 is 1.69. The molecule has 1 heterocycles. The molecule has 1 saturated carbocycles. The molecule has 1 unspecified atom stereocenters. The molecule has 1 aromatic heterocycles. The summed E-state index contributed by atoms with van der Waals surface area (Å²) in [7, 11) is 0. The van der Waals surface area contributed by atoms with E-state index < -0.39 is 5.60 Å². The van der Waals surface area contributed by atoms with Gasteiger partial charge in [-0.1, -0.05) is 45.1 Å². The molecule has 2 heteroatoms. The summed E-state index contributed by atoms with van der Waals surface area (Å²) in [5.74, 6) is 0.863. The van der Waals surface area contributed by atoms with Crippen LogP contribution in [0.4, 0.5) is 0 Å². The average molecular weight is 252 g/mol. The molecule has 0 bridgehead atoms. The summed E-state index contributed by atoms with van der Waals surface area (Å²) in [5.41, 5.74) is -0.564. The van der Waals surface area contributed by atoms with E-state index in [1.165, 1.54) is 38.5 Å². The van der Waals surface area contributed by atoms with Crippen molar-refractivity contribution in [2.45, 2.75) is 63.9 Å². The van der Waals surface area contributed by atoms with Crippen LogP contribution in [-0.2, 0) is 5.60 Å². The van der Waals surface area contributed by atoms with Crippen molar-refractivity contribution < 1.29 is 5.11 Å². The molecule has 1 fully saturated rings. The number of aliphatic hydroxyl groups is 1. The molecule has 0 amide bonds. The van der Waals surface area contributed by atoms with Crippen LogP contribution in [0.25, 0.3) is 0 Å². The first kappa shape index (κ1) is 13.1. The SMILES string of the molecule is CCC(O)(CCC1CCCCC1)c1cccs1. The highest BCUT2D eigenvalue weighted by molar-refractivity contribution is 7.10. The highest BCUT2D eigenvalue weighted by atomic mass is 32.1. The second-order valence-corrected chi connectivity index (χ2v) is 6.35. The fourth-order valence-corrected chi connectivity index (χ4v) is 3.86. The molecule has 1 atom stereocenters. The van der Waals surface area contributed by atoms with Gasteiger partial charge in [-0.05, 0) is 36.6 Å². The molecular formula is C15H24OS. The molecule has 2 rings (SSSR count). The molecule has 0 radical (unpaired) electrons. The predicted molar refractivity (Wildman–Crippen MR) is 74.3 cm³/mol. The van der Waals surface area contributed by atoms with Crippen LogP contribution in [0.2, 0.25) is 0 Å². The third kappa shape index (κ3) is 3.32. The molecular weight excluding hydrogens is 228 g/mol. The van der Waals surface area contributed by atoms with Gasteiger partial charge in [-0.3, -0.25) is 0 Å². The third-order valence-corrected chi connectivity index (χ3v) is 5.32. The van der Waals surface area contributed by atoms with Crippen LogP contribution in [0.15, 0.2) is 17.5 Å². The predicted octanol–water partition coefficient (Wildman–Crippen LogP) is 4.71. The lowest BCUT2D eigenvalue weighted by molar-refractivity contribution is 0.0189. The van der Waals surface area contributed by atoms with Gasteiger partial charge in [0, 0.05) is 4.88 Å². The highest BCUT2D eigenvalue weighted by Crippen LogP contribution is 2.37.